The van der Waals surface area contributed by atoms with E-state index in [1.54, 1.807) is 24.3 Å². The Labute approximate surface area is 146 Å². The fourth-order valence-corrected chi connectivity index (χ4v) is 2.37. The average Bonchev–Trinajstić information content (AvgIpc) is 2.53. The minimum atomic E-state index is -0.216. The van der Waals surface area contributed by atoms with Gasteiger partial charge in [0.1, 0.15) is 0 Å². The lowest BCUT2D eigenvalue weighted by Gasteiger charge is -2.18. The molecule has 2 amide bonds. The van der Waals surface area contributed by atoms with E-state index in [9.17, 15) is 9.59 Å². The second-order valence-electron chi connectivity index (χ2n) is 5.62. The van der Waals surface area contributed by atoms with Crippen molar-refractivity contribution < 1.29 is 9.59 Å². The average molecular weight is 346 g/mol. The molecule has 0 heterocycles. The van der Waals surface area contributed by atoms with Crippen molar-refractivity contribution in [2.75, 3.05) is 24.3 Å². The maximum Gasteiger partial charge on any atom is 0.255 e. The zero-order valence-corrected chi connectivity index (χ0v) is 14.6. The number of carbonyl (C=O) groups is 2. The van der Waals surface area contributed by atoms with Crippen molar-refractivity contribution in [2.24, 2.45) is 0 Å². The predicted molar refractivity (Wildman–Crippen MR) is 97.7 cm³/mol. The Morgan fingerprint density at radius 2 is 1.75 bits per heavy atom. The van der Waals surface area contributed by atoms with Crippen LogP contribution in [-0.4, -0.2) is 25.9 Å². The molecule has 0 unspecified atom stereocenters. The molecular formula is C18H20ClN3O2. The second kappa shape index (κ2) is 7.84. The van der Waals surface area contributed by atoms with Gasteiger partial charge in [-0.15, -0.1) is 0 Å². The Kier molecular flexibility index (Phi) is 5.82. The molecule has 0 aromatic heterocycles. The maximum atomic E-state index is 12.4. The van der Waals surface area contributed by atoms with Gasteiger partial charge < -0.3 is 15.5 Å². The van der Waals surface area contributed by atoms with E-state index in [0.717, 1.165) is 11.3 Å². The standard InChI is InChI=1S/C18H20ClN3O2/c1-12(23)20-11-13-4-6-14(7-5-13)18(24)21-16-10-15(19)8-9-17(16)22(2)3/h4-10H,11H2,1-3H3,(H,20,23)(H,21,24). The highest BCUT2D eigenvalue weighted by Crippen LogP contribution is 2.28. The maximum absolute atomic E-state index is 12.4. The van der Waals surface area contributed by atoms with Crippen LogP contribution in [0.15, 0.2) is 42.5 Å². The molecule has 126 valence electrons. The molecule has 0 fully saturated rings. The van der Waals surface area contributed by atoms with E-state index in [-0.39, 0.29) is 11.8 Å². The molecule has 0 radical (unpaired) electrons. The molecule has 6 heteroatoms. The van der Waals surface area contributed by atoms with E-state index in [4.69, 9.17) is 11.6 Å². The highest BCUT2D eigenvalue weighted by atomic mass is 35.5. The molecule has 0 saturated heterocycles. The zero-order chi connectivity index (χ0) is 17.7. The molecule has 0 bridgehead atoms. The van der Waals surface area contributed by atoms with Crippen LogP contribution in [0.5, 0.6) is 0 Å². The topological polar surface area (TPSA) is 61.4 Å². The van der Waals surface area contributed by atoms with E-state index in [2.05, 4.69) is 10.6 Å². The molecule has 0 saturated carbocycles. The van der Waals surface area contributed by atoms with Gasteiger partial charge in [-0.3, -0.25) is 9.59 Å². The minimum Gasteiger partial charge on any atom is -0.376 e. The fraction of sp³-hybridized carbons (Fsp3) is 0.222. The van der Waals surface area contributed by atoms with E-state index >= 15 is 0 Å². The number of benzene rings is 2. The number of nitrogens with one attached hydrogen (secondary N) is 2. The normalized spacial score (nSPS) is 10.2. The summed E-state index contributed by atoms with van der Waals surface area (Å²) in [5.74, 6) is -0.305. The van der Waals surface area contributed by atoms with Crippen LogP contribution in [0.4, 0.5) is 11.4 Å². The summed E-state index contributed by atoms with van der Waals surface area (Å²) in [5, 5.41) is 6.16. The molecule has 24 heavy (non-hydrogen) atoms. The first-order valence-electron chi connectivity index (χ1n) is 7.48. The highest BCUT2D eigenvalue weighted by Gasteiger charge is 2.11. The van der Waals surface area contributed by atoms with Gasteiger partial charge in [0.2, 0.25) is 5.91 Å². The third kappa shape index (κ3) is 4.73. The van der Waals surface area contributed by atoms with E-state index in [1.165, 1.54) is 6.92 Å². The van der Waals surface area contributed by atoms with Gasteiger partial charge >= 0.3 is 0 Å². The summed E-state index contributed by atoms with van der Waals surface area (Å²) in [6, 6.07) is 12.4. The number of nitrogens with zero attached hydrogens (tertiary/aromatic N) is 1. The van der Waals surface area contributed by atoms with Crippen LogP contribution < -0.4 is 15.5 Å². The Balaban J connectivity index is 2.12. The minimum absolute atomic E-state index is 0.0889. The first-order valence-corrected chi connectivity index (χ1v) is 7.86. The quantitative estimate of drug-likeness (QED) is 0.874. The van der Waals surface area contributed by atoms with Gasteiger partial charge in [0.05, 0.1) is 11.4 Å². The number of amides is 2. The fourth-order valence-electron chi connectivity index (χ4n) is 2.19. The van der Waals surface area contributed by atoms with Crippen molar-refractivity contribution in [3.8, 4) is 0 Å². The Morgan fingerprint density at radius 1 is 1.08 bits per heavy atom. The summed E-state index contributed by atoms with van der Waals surface area (Å²) in [6.07, 6.45) is 0. The molecular weight excluding hydrogens is 326 g/mol. The molecule has 2 N–H and O–H groups in total. The highest BCUT2D eigenvalue weighted by molar-refractivity contribution is 6.31. The van der Waals surface area contributed by atoms with Crippen molar-refractivity contribution in [1.29, 1.82) is 0 Å². The first-order chi connectivity index (χ1) is 11.4. The van der Waals surface area contributed by atoms with E-state index in [0.29, 0.717) is 22.8 Å². The van der Waals surface area contributed by atoms with Crippen LogP contribution in [0.25, 0.3) is 0 Å². The molecule has 0 aliphatic rings. The largest absolute Gasteiger partial charge is 0.376 e. The summed E-state index contributed by atoms with van der Waals surface area (Å²) in [6.45, 7) is 1.91. The molecule has 2 rings (SSSR count). The lowest BCUT2D eigenvalue weighted by molar-refractivity contribution is -0.119. The van der Waals surface area contributed by atoms with E-state index in [1.807, 2.05) is 37.2 Å². The number of halogens is 1. The number of rotatable bonds is 5. The molecule has 0 atom stereocenters. The molecule has 0 aliphatic heterocycles. The van der Waals surface area contributed by atoms with Crippen molar-refractivity contribution in [3.63, 3.8) is 0 Å². The van der Waals surface area contributed by atoms with Crippen molar-refractivity contribution >= 4 is 34.8 Å². The lowest BCUT2D eigenvalue weighted by atomic mass is 10.1. The molecule has 5 nitrogen and oxygen atoms in total. The summed E-state index contributed by atoms with van der Waals surface area (Å²) >= 11 is 6.03. The van der Waals surface area contributed by atoms with Crippen LogP contribution in [-0.2, 0) is 11.3 Å². The van der Waals surface area contributed by atoms with Crippen LogP contribution in [0.3, 0.4) is 0 Å². The van der Waals surface area contributed by atoms with Crippen LogP contribution in [0, 0.1) is 0 Å². The third-order valence-corrected chi connectivity index (χ3v) is 3.68. The monoisotopic (exact) mass is 345 g/mol. The zero-order valence-electron chi connectivity index (χ0n) is 13.9. The van der Waals surface area contributed by atoms with Gasteiger partial charge in [-0.1, -0.05) is 23.7 Å². The molecule has 0 spiro atoms. The lowest BCUT2D eigenvalue weighted by Crippen LogP contribution is -2.19. The van der Waals surface area contributed by atoms with Gasteiger partial charge in [-0.25, -0.2) is 0 Å². The van der Waals surface area contributed by atoms with E-state index < -0.39 is 0 Å². The van der Waals surface area contributed by atoms with Crippen molar-refractivity contribution in [1.82, 2.24) is 5.32 Å². The van der Waals surface area contributed by atoms with Crippen LogP contribution in [0.2, 0.25) is 5.02 Å². The summed E-state index contributed by atoms with van der Waals surface area (Å²) in [7, 11) is 3.80. The van der Waals surface area contributed by atoms with Gasteiger partial charge in [-0.05, 0) is 35.9 Å². The number of hydrogen-bond acceptors (Lipinski definition) is 3. The van der Waals surface area contributed by atoms with Crippen LogP contribution in [0.1, 0.15) is 22.8 Å². The van der Waals surface area contributed by atoms with Gasteiger partial charge in [0, 0.05) is 38.1 Å². The summed E-state index contributed by atoms with van der Waals surface area (Å²) < 4.78 is 0. The van der Waals surface area contributed by atoms with Gasteiger partial charge in [0.25, 0.3) is 5.91 Å². The number of carbonyl (C=O) groups excluding carboxylic acids is 2. The predicted octanol–water partition coefficient (Wildman–Crippen LogP) is 3.29. The van der Waals surface area contributed by atoms with Crippen molar-refractivity contribution in [3.05, 3.63) is 58.6 Å². The Bertz CT molecular complexity index is 742. The Hall–Kier alpha value is -2.53. The van der Waals surface area contributed by atoms with Crippen LogP contribution >= 0.6 is 11.6 Å². The Morgan fingerprint density at radius 3 is 2.33 bits per heavy atom. The third-order valence-electron chi connectivity index (χ3n) is 3.45. The number of hydrogen-bond donors (Lipinski definition) is 2. The van der Waals surface area contributed by atoms with Gasteiger partial charge in [0.15, 0.2) is 0 Å². The first kappa shape index (κ1) is 17.8. The van der Waals surface area contributed by atoms with Gasteiger partial charge in [-0.2, -0.15) is 0 Å². The number of anilines is 2. The SMILES string of the molecule is CC(=O)NCc1ccc(C(=O)Nc2cc(Cl)ccc2N(C)C)cc1. The van der Waals surface area contributed by atoms with Crippen molar-refractivity contribution in [2.45, 2.75) is 13.5 Å². The molecule has 2 aromatic carbocycles. The second-order valence-corrected chi connectivity index (χ2v) is 6.05. The summed E-state index contributed by atoms with van der Waals surface area (Å²) in [5.41, 5.74) is 2.99. The molecule has 2 aromatic rings. The molecule has 0 aliphatic carbocycles. The smallest absolute Gasteiger partial charge is 0.255 e. The summed E-state index contributed by atoms with van der Waals surface area (Å²) in [4.78, 5) is 25.3.